The molecule has 0 radical (unpaired) electrons. The highest BCUT2D eigenvalue weighted by molar-refractivity contribution is 6.01. The van der Waals surface area contributed by atoms with Gasteiger partial charge in [-0.1, -0.05) is 18.2 Å². The molecule has 0 bridgehead atoms. The molecule has 0 saturated carbocycles. The molecule has 1 aliphatic carbocycles. The van der Waals surface area contributed by atoms with Gasteiger partial charge in [-0.25, -0.2) is 4.79 Å². The van der Waals surface area contributed by atoms with Crippen molar-refractivity contribution in [3.8, 4) is 0 Å². The van der Waals surface area contributed by atoms with Crippen molar-refractivity contribution >= 4 is 17.6 Å². The van der Waals surface area contributed by atoms with Crippen molar-refractivity contribution in [1.82, 2.24) is 0 Å². The second-order valence-corrected chi connectivity index (χ2v) is 4.96. The maximum atomic E-state index is 11.9. The summed E-state index contributed by atoms with van der Waals surface area (Å²) in [5.41, 5.74) is 2.14. The topological polar surface area (TPSA) is 55.4 Å². The molecule has 19 heavy (non-hydrogen) atoms. The number of fused-ring (bicyclic) bond motifs is 1. The van der Waals surface area contributed by atoms with Gasteiger partial charge in [0.05, 0.1) is 18.6 Å². The first-order chi connectivity index (χ1) is 9.22. The van der Waals surface area contributed by atoms with Gasteiger partial charge >= 0.3 is 5.97 Å². The Kier molecular flexibility index (Phi) is 3.07. The van der Waals surface area contributed by atoms with Crippen molar-refractivity contribution in [3.63, 3.8) is 0 Å². The van der Waals surface area contributed by atoms with Gasteiger partial charge in [0.25, 0.3) is 0 Å². The van der Waals surface area contributed by atoms with Gasteiger partial charge in [0.15, 0.2) is 0 Å². The van der Waals surface area contributed by atoms with Crippen molar-refractivity contribution in [3.05, 3.63) is 41.5 Å². The van der Waals surface area contributed by atoms with Crippen LogP contribution in [0.25, 0.3) is 0 Å². The third-order valence-electron chi connectivity index (χ3n) is 3.51. The average Bonchev–Trinajstić information content (AvgIpc) is 3.02. The van der Waals surface area contributed by atoms with Crippen LogP contribution in [0.4, 0.5) is 5.69 Å². The van der Waals surface area contributed by atoms with E-state index in [1.807, 2.05) is 0 Å². The van der Waals surface area contributed by atoms with Crippen LogP contribution >= 0.6 is 0 Å². The van der Waals surface area contributed by atoms with Gasteiger partial charge in [0, 0.05) is 11.6 Å². The first-order valence-electron chi connectivity index (χ1n) is 6.49. The Morgan fingerprint density at radius 1 is 1.42 bits per heavy atom. The van der Waals surface area contributed by atoms with E-state index in [4.69, 9.17) is 4.74 Å². The summed E-state index contributed by atoms with van der Waals surface area (Å²) in [6, 6.07) is 5.21. The van der Waals surface area contributed by atoms with Gasteiger partial charge < -0.3 is 10.1 Å². The van der Waals surface area contributed by atoms with Gasteiger partial charge in [0.1, 0.15) is 0 Å². The largest absolute Gasteiger partial charge is 0.461 e. The summed E-state index contributed by atoms with van der Waals surface area (Å²) in [7, 11) is 0. The van der Waals surface area contributed by atoms with Crippen LogP contribution < -0.4 is 5.32 Å². The maximum Gasteiger partial charge on any atom is 0.338 e. The Balaban J connectivity index is 1.65. The van der Waals surface area contributed by atoms with Crippen molar-refractivity contribution in [2.24, 2.45) is 5.92 Å². The number of rotatable bonds is 3. The van der Waals surface area contributed by atoms with Crippen LogP contribution in [0, 0.1) is 5.92 Å². The zero-order valence-corrected chi connectivity index (χ0v) is 10.5. The molecule has 4 heteroatoms. The summed E-state index contributed by atoms with van der Waals surface area (Å²) in [5, 5.41) is 2.73. The monoisotopic (exact) mass is 257 g/mol. The predicted molar refractivity (Wildman–Crippen MR) is 70.9 cm³/mol. The zero-order valence-electron chi connectivity index (χ0n) is 10.5. The molecule has 0 aromatic heterocycles. The van der Waals surface area contributed by atoms with Gasteiger partial charge in [-0.05, 0) is 30.5 Å². The van der Waals surface area contributed by atoms with Crippen LogP contribution in [-0.2, 0) is 16.0 Å². The smallest absolute Gasteiger partial charge is 0.338 e. The number of esters is 1. The highest BCUT2D eigenvalue weighted by Crippen LogP contribution is 2.24. The zero-order chi connectivity index (χ0) is 13.2. The Bertz CT molecular complexity index is 563. The third kappa shape index (κ3) is 2.52. The van der Waals surface area contributed by atoms with Crippen LogP contribution in [0.1, 0.15) is 28.8 Å². The molecule has 1 amide bonds. The van der Waals surface area contributed by atoms with E-state index in [1.165, 1.54) is 0 Å². The molecule has 0 spiro atoms. The fraction of sp³-hybridized carbons (Fsp3) is 0.333. The van der Waals surface area contributed by atoms with Crippen LogP contribution in [0.2, 0.25) is 0 Å². The molecule has 4 nitrogen and oxygen atoms in total. The first kappa shape index (κ1) is 12.0. The van der Waals surface area contributed by atoms with E-state index in [0.29, 0.717) is 24.5 Å². The quantitative estimate of drug-likeness (QED) is 0.667. The molecule has 0 fully saturated rings. The lowest BCUT2D eigenvalue weighted by molar-refractivity contribution is -0.115. The number of ether oxygens (including phenoxy) is 1. The van der Waals surface area contributed by atoms with E-state index >= 15 is 0 Å². The highest BCUT2D eigenvalue weighted by atomic mass is 16.5. The molecule has 3 rings (SSSR count). The number of hydrogen-bond donors (Lipinski definition) is 1. The van der Waals surface area contributed by atoms with Gasteiger partial charge in [-0.15, -0.1) is 0 Å². The number of amides is 1. The van der Waals surface area contributed by atoms with E-state index in [1.54, 1.807) is 18.2 Å². The highest BCUT2D eigenvalue weighted by Gasteiger charge is 2.20. The SMILES string of the molecule is O=C1Cc2ccc(C(=O)OCC3C=CCC3)cc2N1. The number of allylic oxidation sites excluding steroid dienone is 1. The number of carbonyl (C=O) groups excluding carboxylic acids is 2. The minimum atomic E-state index is -0.329. The van der Waals surface area contributed by atoms with Crippen molar-refractivity contribution < 1.29 is 14.3 Å². The molecular weight excluding hydrogens is 242 g/mol. The fourth-order valence-corrected chi connectivity index (χ4v) is 2.44. The van der Waals surface area contributed by atoms with Crippen LogP contribution in [0.3, 0.4) is 0 Å². The summed E-state index contributed by atoms with van der Waals surface area (Å²) in [6.45, 7) is 0.429. The van der Waals surface area contributed by atoms with E-state index in [2.05, 4.69) is 17.5 Å². The van der Waals surface area contributed by atoms with Gasteiger partial charge in [0.2, 0.25) is 5.91 Å². The fourth-order valence-electron chi connectivity index (χ4n) is 2.44. The predicted octanol–water partition coefficient (Wildman–Crippen LogP) is 2.30. The molecule has 1 N–H and O–H groups in total. The van der Waals surface area contributed by atoms with E-state index in [-0.39, 0.29) is 11.9 Å². The summed E-state index contributed by atoms with van der Waals surface area (Å²) < 4.78 is 5.30. The summed E-state index contributed by atoms with van der Waals surface area (Å²) in [4.78, 5) is 23.2. The van der Waals surface area contributed by atoms with Crippen LogP contribution in [0.15, 0.2) is 30.4 Å². The van der Waals surface area contributed by atoms with Gasteiger partial charge in [-0.2, -0.15) is 0 Å². The minimum absolute atomic E-state index is 0.0309. The second kappa shape index (κ2) is 4.88. The number of nitrogens with one attached hydrogen (secondary N) is 1. The molecule has 1 heterocycles. The molecule has 1 aromatic rings. The van der Waals surface area contributed by atoms with Gasteiger partial charge in [-0.3, -0.25) is 4.79 Å². The van der Waals surface area contributed by atoms with Crippen LogP contribution in [-0.4, -0.2) is 18.5 Å². The summed E-state index contributed by atoms with van der Waals surface area (Å²) in [6.07, 6.45) is 6.71. The Morgan fingerprint density at radius 2 is 2.32 bits per heavy atom. The molecule has 1 atom stereocenters. The molecule has 1 aliphatic heterocycles. The van der Waals surface area contributed by atoms with Crippen molar-refractivity contribution in [1.29, 1.82) is 0 Å². The van der Waals surface area contributed by atoms with E-state index in [0.717, 1.165) is 24.1 Å². The number of carbonyl (C=O) groups is 2. The Morgan fingerprint density at radius 3 is 3.11 bits per heavy atom. The lowest BCUT2D eigenvalue weighted by atomic mass is 10.1. The van der Waals surface area contributed by atoms with Crippen LogP contribution in [0.5, 0.6) is 0 Å². The number of anilines is 1. The first-order valence-corrected chi connectivity index (χ1v) is 6.49. The third-order valence-corrected chi connectivity index (χ3v) is 3.51. The molecule has 2 aliphatic rings. The normalized spacial score (nSPS) is 20.2. The summed E-state index contributed by atoms with van der Waals surface area (Å²) >= 11 is 0. The standard InChI is InChI=1S/C15H15NO3/c17-14-8-11-5-6-12(7-13(11)16-14)15(18)19-9-10-3-1-2-4-10/h1,3,5-7,10H,2,4,8-9H2,(H,16,17). The van der Waals surface area contributed by atoms with Crippen molar-refractivity contribution in [2.45, 2.75) is 19.3 Å². The molecular formula is C15H15NO3. The minimum Gasteiger partial charge on any atom is -0.461 e. The lowest BCUT2D eigenvalue weighted by Gasteiger charge is -2.09. The second-order valence-electron chi connectivity index (χ2n) is 4.96. The molecule has 1 unspecified atom stereocenters. The van der Waals surface area contributed by atoms with E-state index < -0.39 is 0 Å². The molecule has 1 aromatic carbocycles. The van der Waals surface area contributed by atoms with Crippen molar-refractivity contribution in [2.75, 3.05) is 11.9 Å². The number of hydrogen-bond acceptors (Lipinski definition) is 3. The lowest BCUT2D eigenvalue weighted by Crippen LogP contribution is -2.11. The summed E-state index contributed by atoms with van der Waals surface area (Å²) in [5.74, 6) is -0.0149. The molecule has 0 saturated heterocycles. The number of benzene rings is 1. The Labute approximate surface area is 111 Å². The van der Waals surface area contributed by atoms with E-state index in [9.17, 15) is 9.59 Å². The molecule has 98 valence electrons. The Hall–Kier alpha value is -2.10. The average molecular weight is 257 g/mol. The maximum absolute atomic E-state index is 11.9.